The third-order valence-electron chi connectivity index (χ3n) is 4.43. The van der Waals surface area contributed by atoms with Crippen molar-refractivity contribution in [3.8, 4) is 11.5 Å². The van der Waals surface area contributed by atoms with Crippen LogP contribution in [0.2, 0.25) is 0 Å². The van der Waals surface area contributed by atoms with Crippen molar-refractivity contribution in [1.82, 2.24) is 16.2 Å². The molecule has 0 bridgehead atoms. The molecular weight excluding hydrogens is 337 g/mol. The Hall–Kier alpha value is -2.64. The summed E-state index contributed by atoms with van der Waals surface area (Å²) in [5, 5.41) is 2.83. The summed E-state index contributed by atoms with van der Waals surface area (Å²) in [5.74, 6) is 0.492. The zero-order valence-electron chi connectivity index (χ0n) is 14.8. The molecule has 138 valence electrons. The van der Waals surface area contributed by atoms with Crippen LogP contribution in [0.1, 0.15) is 27.4 Å². The molecule has 1 aliphatic rings. The number of halogens is 1. The van der Waals surface area contributed by atoms with Crippen molar-refractivity contribution in [3.05, 3.63) is 58.9 Å². The fourth-order valence-corrected chi connectivity index (χ4v) is 2.97. The third kappa shape index (κ3) is 3.95. The number of methoxy groups -OCH3 is 2. The van der Waals surface area contributed by atoms with Crippen LogP contribution < -0.4 is 25.6 Å². The highest BCUT2D eigenvalue weighted by Gasteiger charge is 2.21. The largest absolute Gasteiger partial charge is 0.496 e. The number of carbonyl (C=O) groups is 1. The highest BCUT2D eigenvalue weighted by Crippen LogP contribution is 2.28. The Kier molecular flexibility index (Phi) is 5.70. The van der Waals surface area contributed by atoms with E-state index in [0.29, 0.717) is 17.2 Å². The minimum atomic E-state index is -0.432. The number of benzene rings is 2. The van der Waals surface area contributed by atoms with Crippen molar-refractivity contribution < 1.29 is 18.7 Å². The summed E-state index contributed by atoms with van der Waals surface area (Å²) in [4.78, 5) is 12.4. The first-order valence-corrected chi connectivity index (χ1v) is 8.36. The standard InChI is InChI=1S/C19H22FN3O3/c1-25-17-8-13(4-5-15(17)14-10-22-23-11-14)19(24)21-9-12-3-6-16(20)18(7-12)26-2/h3-8,14,22-23H,9-11H2,1-2H3,(H,21,24). The second-order valence-corrected chi connectivity index (χ2v) is 6.07. The SMILES string of the molecule is COc1cc(CNC(=O)c2ccc(C3CNNC3)c(OC)c2)ccc1F. The van der Waals surface area contributed by atoms with Crippen LogP contribution in [0.15, 0.2) is 36.4 Å². The summed E-state index contributed by atoms with van der Waals surface area (Å²) in [5.41, 5.74) is 8.50. The summed E-state index contributed by atoms with van der Waals surface area (Å²) in [7, 11) is 3.01. The van der Waals surface area contributed by atoms with Gasteiger partial charge in [0, 0.05) is 31.1 Å². The normalized spacial score (nSPS) is 14.3. The van der Waals surface area contributed by atoms with Crippen molar-refractivity contribution in [2.75, 3.05) is 27.3 Å². The summed E-state index contributed by atoms with van der Waals surface area (Å²) in [6, 6.07) is 9.96. The molecule has 0 radical (unpaired) electrons. The van der Waals surface area contributed by atoms with Gasteiger partial charge in [0.25, 0.3) is 5.91 Å². The van der Waals surface area contributed by atoms with E-state index in [-0.39, 0.29) is 18.2 Å². The van der Waals surface area contributed by atoms with Gasteiger partial charge < -0.3 is 14.8 Å². The monoisotopic (exact) mass is 359 g/mol. The molecule has 1 fully saturated rings. The predicted molar refractivity (Wildman–Crippen MR) is 95.9 cm³/mol. The van der Waals surface area contributed by atoms with Crippen LogP contribution >= 0.6 is 0 Å². The molecule has 7 heteroatoms. The highest BCUT2D eigenvalue weighted by molar-refractivity contribution is 5.94. The van der Waals surface area contributed by atoms with Gasteiger partial charge in [0.2, 0.25) is 0 Å². The van der Waals surface area contributed by atoms with E-state index in [1.165, 1.54) is 13.2 Å². The molecule has 0 atom stereocenters. The van der Waals surface area contributed by atoms with Crippen molar-refractivity contribution in [2.24, 2.45) is 0 Å². The van der Waals surface area contributed by atoms with Crippen molar-refractivity contribution in [3.63, 3.8) is 0 Å². The molecule has 0 aromatic heterocycles. The molecule has 6 nitrogen and oxygen atoms in total. The molecule has 3 rings (SSSR count). The summed E-state index contributed by atoms with van der Waals surface area (Å²) >= 11 is 0. The summed E-state index contributed by atoms with van der Waals surface area (Å²) < 4.78 is 23.9. The van der Waals surface area contributed by atoms with E-state index in [4.69, 9.17) is 9.47 Å². The van der Waals surface area contributed by atoms with E-state index < -0.39 is 5.82 Å². The van der Waals surface area contributed by atoms with Gasteiger partial charge in [-0.1, -0.05) is 12.1 Å². The second-order valence-electron chi connectivity index (χ2n) is 6.07. The Morgan fingerprint density at radius 2 is 1.85 bits per heavy atom. The van der Waals surface area contributed by atoms with Crippen molar-refractivity contribution >= 4 is 5.91 Å². The van der Waals surface area contributed by atoms with Crippen LogP contribution in [0, 0.1) is 5.82 Å². The van der Waals surface area contributed by atoms with Gasteiger partial charge in [0.15, 0.2) is 11.6 Å². The molecule has 0 saturated carbocycles. The van der Waals surface area contributed by atoms with Gasteiger partial charge >= 0.3 is 0 Å². The Morgan fingerprint density at radius 3 is 2.54 bits per heavy atom. The lowest BCUT2D eigenvalue weighted by Gasteiger charge is -2.15. The summed E-state index contributed by atoms with van der Waals surface area (Å²) in [6.45, 7) is 1.90. The predicted octanol–water partition coefficient (Wildman–Crippen LogP) is 1.96. The number of hydrogen-bond donors (Lipinski definition) is 3. The van der Waals surface area contributed by atoms with Gasteiger partial charge in [-0.15, -0.1) is 0 Å². The van der Waals surface area contributed by atoms with Gasteiger partial charge in [-0.2, -0.15) is 0 Å². The number of nitrogens with one attached hydrogen (secondary N) is 3. The average Bonchev–Trinajstić information content (AvgIpc) is 3.21. The first kappa shape index (κ1) is 18.2. The van der Waals surface area contributed by atoms with Gasteiger partial charge in [-0.05, 0) is 35.4 Å². The molecule has 1 amide bonds. The maximum absolute atomic E-state index is 13.4. The smallest absolute Gasteiger partial charge is 0.251 e. The molecule has 1 heterocycles. The first-order valence-electron chi connectivity index (χ1n) is 8.36. The molecule has 26 heavy (non-hydrogen) atoms. The number of hydrazine groups is 1. The lowest BCUT2D eigenvalue weighted by atomic mass is 9.97. The van der Waals surface area contributed by atoms with Crippen LogP contribution in [0.25, 0.3) is 0 Å². The van der Waals surface area contributed by atoms with Crippen LogP contribution in [0.4, 0.5) is 4.39 Å². The Morgan fingerprint density at radius 1 is 1.12 bits per heavy atom. The van der Waals surface area contributed by atoms with Crippen molar-refractivity contribution in [1.29, 1.82) is 0 Å². The third-order valence-corrected chi connectivity index (χ3v) is 4.43. The zero-order valence-corrected chi connectivity index (χ0v) is 14.8. The Balaban J connectivity index is 1.69. The molecule has 2 aromatic carbocycles. The van der Waals surface area contributed by atoms with Crippen LogP contribution in [0.5, 0.6) is 11.5 Å². The zero-order chi connectivity index (χ0) is 18.5. The number of ether oxygens (including phenoxy) is 2. The number of rotatable bonds is 6. The van der Waals surface area contributed by atoms with E-state index in [2.05, 4.69) is 16.2 Å². The molecule has 0 aliphatic carbocycles. The molecule has 2 aromatic rings. The van der Waals surface area contributed by atoms with Crippen LogP contribution in [-0.4, -0.2) is 33.2 Å². The molecule has 1 saturated heterocycles. The Bertz CT molecular complexity index is 792. The fourth-order valence-electron chi connectivity index (χ4n) is 2.97. The quantitative estimate of drug-likeness (QED) is 0.736. The maximum Gasteiger partial charge on any atom is 0.251 e. The van der Waals surface area contributed by atoms with Gasteiger partial charge in [-0.25, -0.2) is 4.39 Å². The van der Waals surface area contributed by atoms with E-state index in [0.717, 1.165) is 24.2 Å². The fraction of sp³-hybridized carbons (Fsp3) is 0.316. The van der Waals surface area contributed by atoms with E-state index in [1.54, 1.807) is 31.4 Å². The van der Waals surface area contributed by atoms with E-state index in [9.17, 15) is 9.18 Å². The molecule has 1 aliphatic heterocycles. The molecule has 0 spiro atoms. The molecule has 3 N–H and O–H groups in total. The number of carbonyl (C=O) groups excluding carboxylic acids is 1. The minimum Gasteiger partial charge on any atom is -0.496 e. The summed E-state index contributed by atoms with van der Waals surface area (Å²) in [6.07, 6.45) is 0. The Labute approximate surface area is 151 Å². The minimum absolute atomic E-state index is 0.154. The van der Waals surface area contributed by atoms with Crippen LogP contribution in [0.3, 0.4) is 0 Å². The second kappa shape index (κ2) is 8.16. The highest BCUT2D eigenvalue weighted by atomic mass is 19.1. The van der Waals surface area contributed by atoms with Gasteiger partial charge in [0.05, 0.1) is 14.2 Å². The van der Waals surface area contributed by atoms with Gasteiger partial charge in [-0.3, -0.25) is 15.6 Å². The van der Waals surface area contributed by atoms with Crippen molar-refractivity contribution in [2.45, 2.75) is 12.5 Å². The topological polar surface area (TPSA) is 71.6 Å². The van der Waals surface area contributed by atoms with Crippen LogP contribution in [-0.2, 0) is 6.54 Å². The van der Waals surface area contributed by atoms with E-state index >= 15 is 0 Å². The lowest BCUT2D eigenvalue weighted by Crippen LogP contribution is -2.23. The first-order chi connectivity index (χ1) is 12.6. The lowest BCUT2D eigenvalue weighted by molar-refractivity contribution is 0.0950. The molecule has 0 unspecified atom stereocenters. The van der Waals surface area contributed by atoms with E-state index in [1.807, 2.05) is 6.07 Å². The average molecular weight is 359 g/mol. The maximum atomic E-state index is 13.4. The molecular formula is C19H22FN3O3. The number of amides is 1. The van der Waals surface area contributed by atoms with Gasteiger partial charge in [0.1, 0.15) is 5.75 Å². The number of hydrogen-bond acceptors (Lipinski definition) is 5.